The summed E-state index contributed by atoms with van der Waals surface area (Å²) in [7, 11) is 0. The second kappa shape index (κ2) is 13.4. The Balaban J connectivity index is 0.000000383. The molecule has 1 aliphatic rings. The molecule has 36 heavy (non-hydrogen) atoms. The quantitative estimate of drug-likeness (QED) is 0.522. The summed E-state index contributed by atoms with van der Waals surface area (Å²) in [6.45, 7) is 1.64. The first-order chi connectivity index (χ1) is 16.6. The van der Waals surface area contributed by atoms with Crippen LogP contribution in [0.25, 0.3) is 0 Å². The predicted octanol–water partition coefficient (Wildman–Crippen LogP) is 3.40. The number of aliphatic hydroxyl groups excluding tert-OH is 1. The molecule has 0 saturated carbocycles. The molecule has 0 spiro atoms. The van der Waals surface area contributed by atoms with Crippen LogP contribution in [0.15, 0.2) is 48.8 Å². The largest absolute Gasteiger partial charge is 0.490 e. The van der Waals surface area contributed by atoms with Crippen LogP contribution < -0.4 is 0 Å². The molecule has 2 aromatic rings. The number of carboxylic acids is 2. The zero-order valence-electron chi connectivity index (χ0n) is 18.4. The Morgan fingerprint density at radius 1 is 1.03 bits per heavy atom. The smallest absolute Gasteiger partial charge is 0.475 e. The summed E-state index contributed by atoms with van der Waals surface area (Å²) in [4.78, 5) is 24.2. The highest BCUT2D eigenvalue weighted by Gasteiger charge is 2.39. The van der Waals surface area contributed by atoms with Crippen molar-refractivity contribution in [2.45, 2.75) is 43.9 Å². The van der Waals surface area contributed by atoms with Crippen molar-refractivity contribution in [3.63, 3.8) is 0 Å². The van der Waals surface area contributed by atoms with Crippen molar-refractivity contribution >= 4 is 11.9 Å². The van der Waals surface area contributed by atoms with E-state index in [1.165, 1.54) is 0 Å². The highest BCUT2D eigenvalue weighted by Crippen LogP contribution is 2.24. The number of carbonyl (C=O) groups is 2. The fourth-order valence-corrected chi connectivity index (χ4v) is 3.10. The van der Waals surface area contributed by atoms with Crippen LogP contribution in [0.4, 0.5) is 26.3 Å². The summed E-state index contributed by atoms with van der Waals surface area (Å²) < 4.78 is 63.5. The van der Waals surface area contributed by atoms with E-state index in [1.54, 1.807) is 6.20 Å². The van der Waals surface area contributed by atoms with E-state index in [0.717, 1.165) is 37.1 Å². The fourth-order valence-electron chi connectivity index (χ4n) is 3.10. The molecule has 1 fully saturated rings. The number of nitriles is 1. The summed E-state index contributed by atoms with van der Waals surface area (Å²) >= 11 is 0. The summed E-state index contributed by atoms with van der Waals surface area (Å²) in [6.07, 6.45) is -5.26. The van der Waals surface area contributed by atoms with Gasteiger partial charge in [-0.1, -0.05) is 18.2 Å². The first-order valence-electron chi connectivity index (χ1n) is 10.1. The van der Waals surface area contributed by atoms with Crippen molar-refractivity contribution in [2.24, 2.45) is 0 Å². The van der Waals surface area contributed by atoms with Crippen molar-refractivity contribution in [3.05, 3.63) is 65.5 Å². The summed E-state index contributed by atoms with van der Waals surface area (Å²) in [5.41, 5.74) is 2.94. The maximum absolute atomic E-state index is 10.6. The standard InChI is InChI=1S/C18H19N3O.2C2HF3O2/c19-11-14-3-1-4-16(9-14)13-21-8-6-18(22)17(21)10-15-5-2-7-20-12-15;2*3-2(4,5)1(6)7/h1-5,7,9,12,17-18,22H,6,8,10,13H2;2*(H,6,7)/t17-,18+;;/m0../s1. The van der Waals surface area contributed by atoms with Gasteiger partial charge in [-0.15, -0.1) is 0 Å². The SMILES string of the molecule is N#Cc1cccc(CN2CC[C@@H](O)[C@@H]2Cc2cccnc2)c1.O=C(O)C(F)(F)F.O=C(O)C(F)(F)F. The van der Waals surface area contributed by atoms with E-state index in [4.69, 9.17) is 25.1 Å². The second-order valence-electron chi connectivity index (χ2n) is 7.38. The number of aliphatic carboxylic acids is 2. The lowest BCUT2D eigenvalue weighted by atomic mass is 10.0. The summed E-state index contributed by atoms with van der Waals surface area (Å²) in [5, 5.41) is 33.5. The third-order valence-corrected chi connectivity index (χ3v) is 4.72. The molecule has 14 heteroatoms. The number of rotatable bonds is 4. The lowest BCUT2D eigenvalue weighted by Gasteiger charge is -2.26. The van der Waals surface area contributed by atoms with E-state index >= 15 is 0 Å². The van der Waals surface area contributed by atoms with Crippen molar-refractivity contribution < 1.29 is 51.3 Å². The lowest BCUT2D eigenvalue weighted by Crippen LogP contribution is -2.36. The van der Waals surface area contributed by atoms with Crippen LogP contribution in [0.3, 0.4) is 0 Å². The predicted molar refractivity (Wildman–Crippen MR) is 111 cm³/mol. The molecular formula is C22H21F6N3O5. The number of benzene rings is 1. The topological polar surface area (TPSA) is 135 Å². The molecule has 0 unspecified atom stereocenters. The highest BCUT2D eigenvalue weighted by atomic mass is 19.4. The molecule has 2 heterocycles. The Morgan fingerprint density at radius 2 is 1.58 bits per heavy atom. The number of likely N-dealkylation sites (tertiary alicyclic amines) is 1. The molecule has 0 aliphatic carbocycles. The molecule has 1 aliphatic heterocycles. The van der Waals surface area contributed by atoms with Gasteiger partial charge in [0.1, 0.15) is 0 Å². The van der Waals surface area contributed by atoms with Gasteiger partial charge in [0.05, 0.1) is 17.7 Å². The molecule has 1 saturated heterocycles. The number of carboxylic acid groups (broad SMARTS) is 2. The van der Waals surface area contributed by atoms with Crippen LogP contribution in [-0.4, -0.2) is 68.2 Å². The Morgan fingerprint density at radius 3 is 2.06 bits per heavy atom. The van der Waals surface area contributed by atoms with E-state index in [1.807, 2.05) is 42.6 Å². The van der Waals surface area contributed by atoms with Crippen molar-refractivity contribution in [1.29, 1.82) is 5.26 Å². The molecule has 0 bridgehead atoms. The Hall–Kier alpha value is -3.70. The molecule has 2 atom stereocenters. The van der Waals surface area contributed by atoms with Gasteiger partial charge in [-0.3, -0.25) is 9.88 Å². The molecule has 1 aromatic heterocycles. The number of hydrogen-bond donors (Lipinski definition) is 3. The Bertz CT molecular complexity index is 1020. The Kier molecular flexibility index (Phi) is 11.3. The molecule has 1 aromatic carbocycles. The van der Waals surface area contributed by atoms with E-state index < -0.39 is 24.3 Å². The van der Waals surface area contributed by atoms with Crippen LogP contribution in [0.5, 0.6) is 0 Å². The van der Waals surface area contributed by atoms with E-state index in [-0.39, 0.29) is 12.1 Å². The van der Waals surface area contributed by atoms with Gasteiger partial charge in [0.25, 0.3) is 0 Å². The average Bonchev–Trinajstić information content (AvgIpc) is 3.13. The van der Waals surface area contributed by atoms with E-state index in [2.05, 4.69) is 16.0 Å². The molecule has 3 rings (SSSR count). The van der Waals surface area contributed by atoms with Crippen LogP contribution in [-0.2, 0) is 22.6 Å². The molecule has 8 nitrogen and oxygen atoms in total. The van der Waals surface area contributed by atoms with Gasteiger partial charge in [0.15, 0.2) is 0 Å². The number of aromatic nitrogens is 1. The lowest BCUT2D eigenvalue weighted by molar-refractivity contribution is -0.193. The van der Waals surface area contributed by atoms with Crippen LogP contribution in [0, 0.1) is 11.3 Å². The van der Waals surface area contributed by atoms with Gasteiger partial charge in [-0.25, -0.2) is 9.59 Å². The van der Waals surface area contributed by atoms with Gasteiger partial charge in [-0.05, 0) is 42.2 Å². The van der Waals surface area contributed by atoms with Crippen molar-refractivity contribution in [2.75, 3.05) is 6.54 Å². The Labute approximate surface area is 201 Å². The first kappa shape index (κ1) is 30.3. The van der Waals surface area contributed by atoms with Gasteiger partial charge >= 0.3 is 24.3 Å². The molecule has 196 valence electrons. The molecule has 0 amide bonds. The second-order valence-corrected chi connectivity index (χ2v) is 7.38. The van der Waals surface area contributed by atoms with Crippen molar-refractivity contribution in [3.8, 4) is 6.07 Å². The minimum atomic E-state index is -5.08. The normalized spacial score (nSPS) is 17.6. The fraction of sp³-hybridized carbons (Fsp3) is 0.364. The number of alkyl halides is 6. The maximum atomic E-state index is 10.6. The number of halogens is 6. The van der Waals surface area contributed by atoms with E-state index in [0.29, 0.717) is 5.56 Å². The molecule has 3 N–H and O–H groups in total. The van der Waals surface area contributed by atoms with Gasteiger partial charge in [0.2, 0.25) is 0 Å². The van der Waals surface area contributed by atoms with Crippen LogP contribution >= 0.6 is 0 Å². The maximum Gasteiger partial charge on any atom is 0.490 e. The third kappa shape index (κ3) is 10.7. The van der Waals surface area contributed by atoms with Gasteiger partial charge in [0, 0.05) is 31.5 Å². The number of pyridine rings is 1. The first-order valence-corrected chi connectivity index (χ1v) is 10.1. The molecule has 0 radical (unpaired) electrons. The van der Waals surface area contributed by atoms with Gasteiger partial charge in [-0.2, -0.15) is 31.6 Å². The van der Waals surface area contributed by atoms with Crippen LogP contribution in [0.2, 0.25) is 0 Å². The third-order valence-electron chi connectivity index (χ3n) is 4.72. The zero-order chi connectivity index (χ0) is 27.5. The summed E-state index contributed by atoms with van der Waals surface area (Å²) in [6, 6.07) is 13.9. The molecular weight excluding hydrogens is 500 g/mol. The highest BCUT2D eigenvalue weighted by molar-refractivity contribution is 5.73. The van der Waals surface area contributed by atoms with Crippen LogP contribution in [0.1, 0.15) is 23.1 Å². The van der Waals surface area contributed by atoms with E-state index in [9.17, 15) is 31.4 Å². The minimum absolute atomic E-state index is 0.106. The number of nitrogens with zero attached hydrogens (tertiary/aromatic N) is 3. The number of aliphatic hydroxyl groups is 1. The van der Waals surface area contributed by atoms with Gasteiger partial charge < -0.3 is 15.3 Å². The monoisotopic (exact) mass is 521 g/mol. The zero-order valence-corrected chi connectivity index (χ0v) is 18.4. The van der Waals surface area contributed by atoms with Crippen molar-refractivity contribution in [1.82, 2.24) is 9.88 Å². The summed E-state index contributed by atoms with van der Waals surface area (Å²) in [5.74, 6) is -5.51. The average molecular weight is 521 g/mol. The minimum Gasteiger partial charge on any atom is -0.475 e. The number of hydrogen-bond acceptors (Lipinski definition) is 6.